The van der Waals surface area contributed by atoms with E-state index in [4.69, 9.17) is 5.11 Å². The van der Waals surface area contributed by atoms with E-state index in [0.717, 1.165) is 9.13 Å². The summed E-state index contributed by atoms with van der Waals surface area (Å²) in [6, 6.07) is 5.52. The highest BCUT2D eigenvalue weighted by Gasteiger charge is 2.12. The van der Waals surface area contributed by atoms with E-state index >= 15 is 0 Å². The van der Waals surface area contributed by atoms with Crippen LogP contribution in [0.1, 0.15) is 35.7 Å². The van der Waals surface area contributed by atoms with Gasteiger partial charge in [0.05, 0.1) is 5.56 Å². The summed E-state index contributed by atoms with van der Waals surface area (Å²) in [7, 11) is 0. The quantitative estimate of drug-likeness (QED) is 0.850. The van der Waals surface area contributed by atoms with E-state index in [1.807, 2.05) is 26.0 Å². The smallest absolute Gasteiger partial charge is 0.336 e. The van der Waals surface area contributed by atoms with E-state index in [1.165, 1.54) is 0 Å². The molecule has 0 fully saturated rings. The SMILES string of the molecule is CC(C)c1ccc(I)cc1C(=O)O. The molecule has 0 radical (unpaired) electrons. The van der Waals surface area contributed by atoms with Gasteiger partial charge in [-0.1, -0.05) is 19.9 Å². The van der Waals surface area contributed by atoms with Crippen LogP contribution >= 0.6 is 22.6 Å². The number of halogens is 1. The van der Waals surface area contributed by atoms with Crippen molar-refractivity contribution in [3.8, 4) is 0 Å². The van der Waals surface area contributed by atoms with Crippen molar-refractivity contribution in [3.63, 3.8) is 0 Å². The lowest BCUT2D eigenvalue weighted by molar-refractivity contribution is 0.0695. The molecule has 0 saturated heterocycles. The third-order valence-corrected chi connectivity index (χ3v) is 2.54. The van der Waals surface area contributed by atoms with Gasteiger partial charge in [0.15, 0.2) is 0 Å². The van der Waals surface area contributed by atoms with Gasteiger partial charge in [-0.25, -0.2) is 4.79 Å². The van der Waals surface area contributed by atoms with Crippen molar-refractivity contribution < 1.29 is 9.90 Å². The minimum atomic E-state index is -0.845. The van der Waals surface area contributed by atoms with Crippen molar-refractivity contribution in [1.82, 2.24) is 0 Å². The number of carbonyl (C=O) groups is 1. The van der Waals surface area contributed by atoms with Crippen LogP contribution in [-0.2, 0) is 0 Å². The van der Waals surface area contributed by atoms with E-state index < -0.39 is 5.97 Å². The van der Waals surface area contributed by atoms with Crippen molar-refractivity contribution in [3.05, 3.63) is 32.9 Å². The first-order chi connectivity index (χ1) is 6.02. The summed E-state index contributed by atoms with van der Waals surface area (Å²) in [6.07, 6.45) is 0. The van der Waals surface area contributed by atoms with Crippen molar-refractivity contribution in [2.24, 2.45) is 0 Å². The lowest BCUT2D eigenvalue weighted by Crippen LogP contribution is -2.04. The Morgan fingerprint density at radius 2 is 2.08 bits per heavy atom. The van der Waals surface area contributed by atoms with Crippen molar-refractivity contribution in [2.75, 3.05) is 0 Å². The topological polar surface area (TPSA) is 37.3 Å². The summed E-state index contributed by atoms with van der Waals surface area (Å²) in [5.74, 6) is -0.592. The number of rotatable bonds is 2. The molecule has 0 aliphatic heterocycles. The maximum atomic E-state index is 10.9. The predicted octanol–water partition coefficient (Wildman–Crippen LogP) is 3.11. The molecule has 0 bridgehead atoms. The average Bonchev–Trinajstić information content (AvgIpc) is 2.03. The summed E-state index contributed by atoms with van der Waals surface area (Å²) in [5, 5.41) is 8.94. The number of benzene rings is 1. The zero-order valence-corrected chi connectivity index (χ0v) is 9.70. The Morgan fingerprint density at radius 1 is 1.46 bits per heavy atom. The first-order valence-electron chi connectivity index (χ1n) is 4.05. The molecule has 0 aliphatic rings. The summed E-state index contributed by atoms with van der Waals surface area (Å²) in [4.78, 5) is 10.9. The van der Waals surface area contributed by atoms with Crippen molar-refractivity contribution >= 4 is 28.6 Å². The molecular weight excluding hydrogens is 279 g/mol. The lowest BCUT2D eigenvalue weighted by atomic mass is 9.97. The Morgan fingerprint density at radius 3 is 2.54 bits per heavy atom. The maximum Gasteiger partial charge on any atom is 0.336 e. The van der Waals surface area contributed by atoms with Crippen LogP contribution in [0.2, 0.25) is 0 Å². The molecular formula is C10H11IO2. The van der Waals surface area contributed by atoms with Crippen molar-refractivity contribution in [1.29, 1.82) is 0 Å². The molecule has 1 aromatic carbocycles. The molecule has 0 aliphatic carbocycles. The second-order valence-corrected chi connectivity index (χ2v) is 4.44. The standard InChI is InChI=1S/C10H11IO2/c1-6(2)8-4-3-7(11)5-9(8)10(12)13/h3-6H,1-2H3,(H,12,13). The van der Waals surface area contributed by atoms with Gasteiger partial charge in [-0.2, -0.15) is 0 Å². The van der Waals surface area contributed by atoms with Crippen LogP contribution in [0.3, 0.4) is 0 Å². The molecule has 13 heavy (non-hydrogen) atoms. The van der Waals surface area contributed by atoms with Crippen molar-refractivity contribution in [2.45, 2.75) is 19.8 Å². The fourth-order valence-electron chi connectivity index (χ4n) is 1.22. The zero-order valence-electron chi connectivity index (χ0n) is 7.54. The molecule has 1 N–H and O–H groups in total. The van der Waals surface area contributed by atoms with Gasteiger partial charge in [0.2, 0.25) is 0 Å². The van der Waals surface area contributed by atoms with Crippen LogP contribution in [0.4, 0.5) is 0 Å². The van der Waals surface area contributed by atoms with Crippen LogP contribution in [0, 0.1) is 3.57 Å². The Bertz CT molecular complexity index is 332. The molecule has 0 aromatic heterocycles. The molecule has 0 atom stereocenters. The zero-order chi connectivity index (χ0) is 10.0. The summed E-state index contributed by atoms with van der Waals surface area (Å²) < 4.78 is 0.958. The molecule has 1 aromatic rings. The molecule has 0 spiro atoms. The normalized spacial score (nSPS) is 10.5. The van der Waals surface area contributed by atoms with Crippen LogP contribution in [0.25, 0.3) is 0 Å². The van der Waals surface area contributed by atoms with Crippen LogP contribution in [0.15, 0.2) is 18.2 Å². The Labute approximate surface area is 91.1 Å². The maximum absolute atomic E-state index is 10.9. The van der Waals surface area contributed by atoms with Gasteiger partial charge in [-0.3, -0.25) is 0 Å². The number of carboxylic acids is 1. The van der Waals surface area contributed by atoms with E-state index in [-0.39, 0.29) is 5.92 Å². The Balaban J connectivity index is 3.27. The predicted molar refractivity (Wildman–Crippen MR) is 60.2 cm³/mol. The largest absolute Gasteiger partial charge is 0.478 e. The van der Waals surface area contributed by atoms with Gasteiger partial charge in [0.25, 0.3) is 0 Å². The summed E-state index contributed by atoms with van der Waals surface area (Å²) in [6.45, 7) is 3.99. The number of carboxylic acid groups (broad SMARTS) is 1. The average molecular weight is 290 g/mol. The molecule has 0 saturated carbocycles. The van der Waals surface area contributed by atoms with Gasteiger partial charge in [-0.05, 0) is 46.2 Å². The first kappa shape index (κ1) is 10.5. The molecule has 70 valence electrons. The van der Waals surface area contributed by atoms with Crippen LogP contribution < -0.4 is 0 Å². The highest BCUT2D eigenvalue weighted by Crippen LogP contribution is 2.21. The summed E-state index contributed by atoms with van der Waals surface area (Å²) >= 11 is 2.12. The fourth-order valence-corrected chi connectivity index (χ4v) is 1.71. The van der Waals surface area contributed by atoms with Gasteiger partial charge in [0, 0.05) is 3.57 Å². The highest BCUT2D eigenvalue weighted by molar-refractivity contribution is 14.1. The Hall–Kier alpha value is -0.580. The van der Waals surface area contributed by atoms with Gasteiger partial charge in [-0.15, -0.1) is 0 Å². The van der Waals surface area contributed by atoms with Gasteiger partial charge in [0.1, 0.15) is 0 Å². The first-order valence-corrected chi connectivity index (χ1v) is 5.13. The van der Waals surface area contributed by atoms with E-state index in [0.29, 0.717) is 5.56 Å². The molecule has 2 nitrogen and oxygen atoms in total. The molecule has 0 unspecified atom stereocenters. The van der Waals surface area contributed by atoms with E-state index in [1.54, 1.807) is 6.07 Å². The van der Waals surface area contributed by atoms with Gasteiger partial charge < -0.3 is 5.11 Å². The second kappa shape index (κ2) is 4.09. The molecule has 0 heterocycles. The second-order valence-electron chi connectivity index (χ2n) is 3.19. The third-order valence-electron chi connectivity index (χ3n) is 1.87. The van der Waals surface area contributed by atoms with Crippen LogP contribution in [-0.4, -0.2) is 11.1 Å². The van der Waals surface area contributed by atoms with E-state index in [9.17, 15) is 4.79 Å². The number of aromatic carboxylic acids is 1. The highest BCUT2D eigenvalue weighted by atomic mass is 127. The third kappa shape index (κ3) is 2.43. The monoisotopic (exact) mass is 290 g/mol. The minimum absolute atomic E-state index is 0.253. The summed E-state index contributed by atoms with van der Waals surface area (Å²) in [5.41, 5.74) is 1.31. The number of hydrogen-bond acceptors (Lipinski definition) is 1. The minimum Gasteiger partial charge on any atom is -0.478 e. The molecule has 1 rings (SSSR count). The van der Waals surface area contributed by atoms with Gasteiger partial charge >= 0.3 is 5.97 Å². The molecule has 3 heteroatoms. The van der Waals surface area contributed by atoms with Crippen LogP contribution in [0.5, 0.6) is 0 Å². The molecule has 0 amide bonds. The number of hydrogen-bond donors (Lipinski definition) is 1. The van der Waals surface area contributed by atoms with E-state index in [2.05, 4.69) is 22.6 Å². The lowest BCUT2D eigenvalue weighted by Gasteiger charge is -2.09. The Kier molecular flexibility index (Phi) is 3.30. The fraction of sp³-hybridized carbons (Fsp3) is 0.300.